The number of carbonyl (C=O) groups is 1. The fourth-order valence-corrected chi connectivity index (χ4v) is 2.76. The Balaban J connectivity index is 1.81. The van der Waals surface area contributed by atoms with E-state index in [0.717, 1.165) is 27.8 Å². The van der Waals surface area contributed by atoms with Crippen LogP contribution >= 0.6 is 0 Å². The lowest BCUT2D eigenvalue weighted by Gasteiger charge is -2.02. The standard InChI is InChI=1S/C18H15N3O2/c1-2-23-18(22)15-10-13-9-12(6-7-14(13)20-15)16-11-19-17-5-3-4-8-21(16)17/h3-11,20H,2H2,1H3. The molecule has 5 nitrogen and oxygen atoms in total. The van der Waals surface area contributed by atoms with Gasteiger partial charge in [-0.2, -0.15) is 0 Å². The van der Waals surface area contributed by atoms with Gasteiger partial charge in [-0.15, -0.1) is 0 Å². The summed E-state index contributed by atoms with van der Waals surface area (Å²) in [5.41, 5.74) is 4.35. The second-order valence-electron chi connectivity index (χ2n) is 5.28. The maximum atomic E-state index is 11.8. The summed E-state index contributed by atoms with van der Waals surface area (Å²) in [4.78, 5) is 19.3. The molecule has 1 N–H and O–H groups in total. The molecule has 0 bridgehead atoms. The van der Waals surface area contributed by atoms with Crippen LogP contribution in [0.2, 0.25) is 0 Å². The molecule has 114 valence electrons. The summed E-state index contributed by atoms with van der Waals surface area (Å²) < 4.78 is 7.08. The first-order chi connectivity index (χ1) is 11.3. The van der Waals surface area contributed by atoms with Crippen LogP contribution in [-0.4, -0.2) is 26.9 Å². The molecular weight excluding hydrogens is 290 g/mol. The third-order valence-corrected chi connectivity index (χ3v) is 3.83. The van der Waals surface area contributed by atoms with Gasteiger partial charge in [0, 0.05) is 22.7 Å². The number of fused-ring (bicyclic) bond motifs is 2. The number of hydrogen-bond donors (Lipinski definition) is 1. The summed E-state index contributed by atoms with van der Waals surface area (Å²) in [6.45, 7) is 2.16. The first-order valence-electron chi connectivity index (χ1n) is 7.48. The quantitative estimate of drug-likeness (QED) is 0.588. The highest BCUT2D eigenvalue weighted by Gasteiger charge is 2.12. The second kappa shape index (κ2) is 5.28. The Morgan fingerprint density at radius 2 is 2.17 bits per heavy atom. The first-order valence-corrected chi connectivity index (χ1v) is 7.48. The molecule has 0 fully saturated rings. The Kier molecular flexibility index (Phi) is 3.12. The topological polar surface area (TPSA) is 59.4 Å². The number of carbonyl (C=O) groups excluding carboxylic acids is 1. The van der Waals surface area contributed by atoms with Crippen LogP contribution in [0, 0.1) is 0 Å². The van der Waals surface area contributed by atoms with Crippen LogP contribution in [0.15, 0.2) is 54.9 Å². The molecule has 4 aromatic rings. The van der Waals surface area contributed by atoms with E-state index in [4.69, 9.17) is 4.74 Å². The molecule has 3 heterocycles. The zero-order valence-electron chi connectivity index (χ0n) is 12.6. The minimum Gasteiger partial charge on any atom is -0.461 e. The largest absolute Gasteiger partial charge is 0.461 e. The molecular formula is C18H15N3O2. The van der Waals surface area contributed by atoms with E-state index in [9.17, 15) is 4.79 Å². The number of nitrogens with zero attached hydrogens (tertiary/aromatic N) is 2. The van der Waals surface area contributed by atoms with E-state index in [0.29, 0.717) is 12.3 Å². The molecule has 0 unspecified atom stereocenters. The van der Waals surface area contributed by atoms with Crippen LogP contribution in [0.3, 0.4) is 0 Å². The number of aromatic nitrogens is 3. The van der Waals surface area contributed by atoms with Crippen molar-refractivity contribution in [2.24, 2.45) is 0 Å². The number of aromatic amines is 1. The molecule has 0 radical (unpaired) electrons. The predicted octanol–water partition coefficient (Wildman–Crippen LogP) is 3.66. The molecule has 3 aromatic heterocycles. The summed E-state index contributed by atoms with van der Waals surface area (Å²) in [6, 6.07) is 13.8. The van der Waals surface area contributed by atoms with Gasteiger partial charge in [-0.05, 0) is 37.3 Å². The lowest BCUT2D eigenvalue weighted by atomic mass is 10.1. The second-order valence-corrected chi connectivity index (χ2v) is 5.28. The third-order valence-electron chi connectivity index (χ3n) is 3.83. The predicted molar refractivity (Wildman–Crippen MR) is 88.4 cm³/mol. The Bertz CT molecular complexity index is 1010. The highest BCUT2D eigenvalue weighted by Crippen LogP contribution is 2.26. The molecule has 0 aliphatic carbocycles. The number of rotatable bonds is 3. The molecule has 0 spiro atoms. The molecule has 1 aromatic carbocycles. The zero-order chi connectivity index (χ0) is 15.8. The Labute approximate surface area is 132 Å². The number of ether oxygens (including phenoxy) is 1. The average molecular weight is 305 g/mol. The van der Waals surface area contributed by atoms with E-state index >= 15 is 0 Å². The van der Waals surface area contributed by atoms with Crippen LogP contribution in [0.25, 0.3) is 27.8 Å². The first kappa shape index (κ1) is 13.6. The van der Waals surface area contributed by atoms with Crippen LogP contribution in [0.1, 0.15) is 17.4 Å². The highest BCUT2D eigenvalue weighted by atomic mass is 16.5. The van der Waals surface area contributed by atoms with Crippen molar-refractivity contribution in [2.45, 2.75) is 6.92 Å². The van der Waals surface area contributed by atoms with Gasteiger partial charge in [0.1, 0.15) is 11.3 Å². The molecule has 0 saturated heterocycles. The van der Waals surface area contributed by atoms with Gasteiger partial charge in [0.25, 0.3) is 0 Å². The lowest BCUT2D eigenvalue weighted by molar-refractivity contribution is 0.0520. The lowest BCUT2D eigenvalue weighted by Crippen LogP contribution is -2.04. The van der Waals surface area contributed by atoms with Gasteiger partial charge in [0.2, 0.25) is 0 Å². The Morgan fingerprint density at radius 3 is 3.04 bits per heavy atom. The molecule has 0 aliphatic heterocycles. The minimum atomic E-state index is -0.333. The van der Waals surface area contributed by atoms with Gasteiger partial charge < -0.3 is 9.72 Å². The Morgan fingerprint density at radius 1 is 1.26 bits per heavy atom. The zero-order valence-corrected chi connectivity index (χ0v) is 12.6. The highest BCUT2D eigenvalue weighted by molar-refractivity contribution is 5.96. The normalized spacial score (nSPS) is 11.2. The SMILES string of the molecule is CCOC(=O)c1cc2cc(-c3cnc4ccccn34)ccc2[nH]1. The van der Waals surface area contributed by atoms with Gasteiger partial charge >= 0.3 is 5.97 Å². The number of benzene rings is 1. The van der Waals surface area contributed by atoms with Crippen molar-refractivity contribution in [3.8, 4) is 11.3 Å². The monoisotopic (exact) mass is 305 g/mol. The molecule has 23 heavy (non-hydrogen) atoms. The summed E-state index contributed by atoms with van der Waals surface area (Å²) in [5.74, 6) is -0.333. The van der Waals surface area contributed by atoms with Gasteiger partial charge in [-0.25, -0.2) is 9.78 Å². The van der Waals surface area contributed by atoms with Gasteiger partial charge in [0.15, 0.2) is 0 Å². The molecule has 0 aliphatic rings. The number of H-pyrrole nitrogens is 1. The summed E-state index contributed by atoms with van der Waals surface area (Å²) in [6.07, 6.45) is 3.85. The molecule has 0 atom stereocenters. The average Bonchev–Trinajstić information content (AvgIpc) is 3.18. The van der Waals surface area contributed by atoms with Crippen LogP contribution in [0.5, 0.6) is 0 Å². The van der Waals surface area contributed by atoms with E-state index in [2.05, 4.69) is 9.97 Å². The van der Waals surface area contributed by atoms with E-state index < -0.39 is 0 Å². The smallest absolute Gasteiger partial charge is 0.354 e. The van der Waals surface area contributed by atoms with Crippen molar-refractivity contribution in [2.75, 3.05) is 6.61 Å². The molecule has 0 saturated carbocycles. The van der Waals surface area contributed by atoms with Crippen molar-refractivity contribution < 1.29 is 9.53 Å². The van der Waals surface area contributed by atoms with Crippen LogP contribution in [0.4, 0.5) is 0 Å². The van der Waals surface area contributed by atoms with Gasteiger partial charge in [-0.3, -0.25) is 4.40 Å². The molecule has 5 heteroatoms. The van der Waals surface area contributed by atoms with Crippen molar-refractivity contribution in [1.82, 2.24) is 14.4 Å². The number of hydrogen-bond acceptors (Lipinski definition) is 3. The fraction of sp³-hybridized carbons (Fsp3) is 0.111. The van der Waals surface area contributed by atoms with Crippen molar-refractivity contribution >= 4 is 22.5 Å². The van der Waals surface area contributed by atoms with Crippen LogP contribution < -0.4 is 0 Å². The number of esters is 1. The minimum absolute atomic E-state index is 0.333. The van der Waals surface area contributed by atoms with E-state index in [1.54, 1.807) is 6.92 Å². The maximum Gasteiger partial charge on any atom is 0.354 e. The number of pyridine rings is 1. The third kappa shape index (κ3) is 2.26. The summed E-state index contributed by atoms with van der Waals surface area (Å²) >= 11 is 0. The van der Waals surface area contributed by atoms with Crippen molar-refractivity contribution in [1.29, 1.82) is 0 Å². The maximum absolute atomic E-state index is 11.8. The molecule has 0 amide bonds. The van der Waals surface area contributed by atoms with E-state index in [-0.39, 0.29) is 5.97 Å². The Hall–Kier alpha value is -3.08. The molecule has 4 rings (SSSR count). The van der Waals surface area contributed by atoms with E-state index in [1.165, 1.54) is 0 Å². The number of imidazole rings is 1. The van der Waals surface area contributed by atoms with Crippen molar-refractivity contribution in [3.05, 3.63) is 60.6 Å². The fourth-order valence-electron chi connectivity index (χ4n) is 2.76. The van der Waals surface area contributed by atoms with E-state index in [1.807, 2.05) is 59.3 Å². The van der Waals surface area contributed by atoms with Gasteiger partial charge in [0.05, 0.1) is 18.5 Å². The van der Waals surface area contributed by atoms with Crippen molar-refractivity contribution in [3.63, 3.8) is 0 Å². The van der Waals surface area contributed by atoms with Crippen LogP contribution in [-0.2, 0) is 4.74 Å². The summed E-state index contributed by atoms with van der Waals surface area (Å²) in [5, 5.41) is 0.969. The summed E-state index contributed by atoms with van der Waals surface area (Å²) in [7, 11) is 0. The van der Waals surface area contributed by atoms with Gasteiger partial charge in [-0.1, -0.05) is 12.1 Å². The number of nitrogens with one attached hydrogen (secondary N) is 1.